The third-order valence-corrected chi connectivity index (χ3v) is 5.64. The molecular weight excluding hydrogens is 356 g/mol. The molecule has 3 amide bonds. The van der Waals surface area contributed by atoms with Gasteiger partial charge in [0.15, 0.2) is 0 Å². The molecule has 1 aromatic rings. The first-order chi connectivity index (χ1) is 13.5. The molecule has 0 aliphatic carbocycles. The SMILES string of the molecule is Cc1ccc(N2CC(C(=O)N3CCCCC3CNC(=O)CCN)CC2=O)cc1. The first kappa shape index (κ1) is 20.3. The van der Waals surface area contributed by atoms with Crippen molar-refractivity contribution >= 4 is 23.4 Å². The lowest BCUT2D eigenvalue weighted by Crippen LogP contribution is -2.51. The van der Waals surface area contributed by atoms with E-state index in [1.165, 1.54) is 0 Å². The van der Waals surface area contributed by atoms with Crippen LogP contribution in [-0.4, -0.2) is 54.8 Å². The van der Waals surface area contributed by atoms with Crippen molar-refractivity contribution in [1.82, 2.24) is 10.2 Å². The highest BCUT2D eigenvalue weighted by atomic mass is 16.2. The van der Waals surface area contributed by atoms with Crippen LogP contribution in [-0.2, 0) is 14.4 Å². The van der Waals surface area contributed by atoms with Gasteiger partial charge in [0, 0.05) is 50.7 Å². The lowest BCUT2D eigenvalue weighted by Gasteiger charge is -2.37. The van der Waals surface area contributed by atoms with Crippen LogP contribution in [0.1, 0.15) is 37.7 Å². The summed E-state index contributed by atoms with van der Waals surface area (Å²) in [6, 6.07) is 7.80. The number of nitrogens with two attached hydrogens (primary N) is 1. The molecule has 3 rings (SSSR count). The Morgan fingerprint density at radius 2 is 1.96 bits per heavy atom. The third kappa shape index (κ3) is 4.70. The highest BCUT2D eigenvalue weighted by molar-refractivity contribution is 6.00. The molecule has 0 saturated carbocycles. The fraction of sp³-hybridized carbons (Fsp3) is 0.571. The summed E-state index contributed by atoms with van der Waals surface area (Å²) in [5, 5.41) is 2.89. The number of rotatable bonds is 6. The number of likely N-dealkylation sites (tertiary alicyclic amines) is 1. The van der Waals surface area contributed by atoms with E-state index in [4.69, 9.17) is 5.73 Å². The molecule has 2 fully saturated rings. The molecule has 1 aromatic carbocycles. The van der Waals surface area contributed by atoms with E-state index < -0.39 is 0 Å². The van der Waals surface area contributed by atoms with Crippen LogP contribution in [0.5, 0.6) is 0 Å². The number of hydrogen-bond donors (Lipinski definition) is 2. The summed E-state index contributed by atoms with van der Waals surface area (Å²) in [7, 11) is 0. The molecule has 152 valence electrons. The number of piperidine rings is 1. The molecule has 2 atom stereocenters. The van der Waals surface area contributed by atoms with Gasteiger partial charge in [-0.1, -0.05) is 17.7 Å². The standard InChI is InChI=1S/C21H30N4O3/c1-15-5-7-17(8-6-15)25-14-16(12-20(25)27)21(28)24-11-3-2-4-18(24)13-23-19(26)9-10-22/h5-8,16,18H,2-4,9-14,22H2,1H3,(H,23,26). The molecule has 28 heavy (non-hydrogen) atoms. The number of carbonyl (C=O) groups excluding carboxylic acids is 3. The smallest absolute Gasteiger partial charge is 0.228 e. The Hall–Kier alpha value is -2.41. The average molecular weight is 386 g/mol. The highest BCUT2D eigenvalue weighted by Crippen LogP contribution is 2.28. The van der Waals surface area contributed by atoms with Crippen molar-refractivity contribution in [2.24, 2.45) is 11.7 Å². The molecule has 2 aliphatic rings. The number of carbonyl (C=O) groups is 3. The topological polar surface area (TPSA) is 95.7 Å². The van der Waals surface area contributed by atoms with Gasteiger partial charge in [0.1, 0.15) is 0 Å². The number of amides is 3. The Labute approximate surface area is 166 Å². The van der Waals surface area contributed by atoms with Crippen molar-refractivity contribution in [1.29, 1.82) is 0 Å². The average Bonchev–Trinajstić information content (AvgIpc) is 3.08. The molecule has 0 bridgehead atoms. The van der Waals surface area contributed by atoms with Gasteiger partial charge in [0.05, 0.1) is 5.92 Å². The molecule has 2 unspecified atom stereocenters. The van der Waals surface area contributed by atoms with E-state index in [2.05, 4.69) is 5.32 Å². The molecule has 0 aromatic heterocycles. The Morgan fingerprint density at radius 3 is 2.68 bits per heavy atom. The van der Waals surface area contributed by atoms with Crippen molar-refractivity contribution in [2.75, 3.05) is 31.1 Å². The predicted molar refractivity (Wildman–Crippen MR) is 108 cm³/mol. The van der Waals surface area contributed by atoms with Crippen LogP contribution >= 0.6 is 0 Å². The number of nitrogens with zero attached hydrogens (tertiary/aromatic N) is 2. The van der Waals surface area contributed by atoms with Gasteiger partial charge in [0.25, 0.3) is 0 Å². The van der Waals surface area contributed by atoms with Gasteiger partial charge >= 0.3 is 0 Å². The summed E-state index contributed by atoms with van der Waals surface area (Å²) in [5.41, 5.74) is 7.39. The zero-order valence-electron chi connectivity index (χ0n) is 16.5. The fourth-order valence-corrected chi connectivity index (χ4v) is 4.04. The van der Waals surface area contributed by atoms with E-state index >= 15 is 0 Å². The third-order valence-electron chi connectivity index (χ3n) is 5.64. The maximum Gasteiger partial charge on any atom is 0.228 e. The quantitative estimate of drug-likeness (QED) is 0.768. The van der Waals surface area contributed by atoms with Crippen molar-refractivity contribution < 1.29 is 14.4 Å². The number of benzene rings is 1. The second-order valence-corrected chi connectivity index (χ2v) is 7.76. The monoisotopic (exact) mass is 386 g/mol. The van der Waals surface area contributed by atoms with Crippen LogP contribution in [0.4, 0.5) is 5.69 Å². The van der Waals surface area contributed by atoms with Crippen LogP contribution in [0.2, 0.25) is 0 Å². The highest BCUT2D eigenvalue weighted by Gasteiger charge is 2.39. The lowest BCUT2D eigenvalue weighted by molar-refractivity contribution is -0.139. The van der Waals surface area contributed by atoms with Crippen LogP contribution in [0.15, 0.2) is 24.3 Å². The van der Waals surface area contributed by atoms with Gasteiger partial charge in [-0.3, -0.25) is 14.4 Å². The largest absolute Gasteiger partial charge is 0.354 e. The minimum absolute atomic E-state index is 0.00740. The normalized spacial score (nSPS) is 22.4. The van der Waals surface area contributed by atoms with Gasteiger partial charge in [-0.15, -0.1) is 0 Å². The number of aryl methyl sites for hydroxylation is 1. The van der Waals surface area contributed by atoms with E-state index in [0.29, 0.717) is 32.6 Å². The van der Waals surface area contributed by atoms with E-state index in [1.54, 1.807) is 4.90 Å². The summed E-state index contributed by atoms with van der Waals surface area (Å²) < 4.78 is 0. The maximum absolute atomic E-state index is 13.2. The zero-order chi connectivity index (χ0) is 20.1. The number of hydrogen-bond acceptors (Lipinski definition) is 4. The van der Waals surface area contributed by atoms with Crippen molar-refractivity contribution in [2.45, 2.75) is 45.1 Å². The van der Waals surface area contributed by atoms with E-state index in [0.717, 1.165) is 30.5 Å². The predicted octanol–water partition coefficient (Wildman–Crippen LogP) is 1.19. The van der Waals surface area contributed by atoms with Gasteiger partial charge in [0.2, 0.25) is 17.7 Å². The van der Waals surface area contributed by atoms with Gasteiger partial charge in [-0.2, -0.15) is 0 Å². The molecule has 7 nitrogen and oxygen atoms in total. The van der Waals surface area contributed by atoms with Crippen molar-refractivity contribution in [3.8, 4) is 0 Å². The number of nitrogens with one attached hydrogen (secondary N) is 1. The summed E-state index contributed by atoms with van der Waals surface area (Å²) >= 11 is 0. The zero-order valence-corrected chi connectivity index (χ0v) is 16.5. The van der Waals surface area contributed by atoms with E-state index in [9.17, 15) is 14.4 Å². The van der Waals surface area contributed by atoms with Crippen LogP contribution in [0, 0.1) is 12.8 Å². The minimum atomic E-state index is -0.325. The summed E-state index contributed by atoms with van der Waals surface area (Å²) in [4.78, 5) is 41.0. The van der Waals surface area contributed by atoms with E-state index in [1.807, 2.05) is 36.1 Å². The van der Waals surface area contributed by atoms with Crippen LogP contribution in [0.25, 0.3) is 0 Å². The summed E-state index contributed by atoms with van der Waals surface area (Å²) in [6.45, 7) is 3.88. The van der Waals surface area contributed by atoms with Crippen molar-refractivity contribution in [3.63, 3.8) is 0 Å². The molecule has 2 saturated heterocycles. The lowest BCUT2D eigenvalue weighted by atomic mass is 9.98. The Bertz CT molecular complexity index is 719. The minimum Gasteiger partial charge on any atom is -0.354 e. The fourth-order valence-electron chi connectivity index (χ4n) is 4.04. The van der Waals surface area contributed by atoms with Gasteiger partial charge < -0.3 is 20.9 Å². The first-order valence-corrected chi connectivity index (χ1v) is 10.1. The molecule has 2 aliphatic heterocycles. The Balaban J connectivity index is 1.63. The van der Waals surface area contributed by atoms with Gasteiger partial charge in [-0.25, -0.2) is 0 Å². The molecule has 3 N–H and O–H groups in total. The van der Waals surface area contributed by atoms with Crippen molar-refractivity contribution in [3.05, 3.63) is 29.8 Å². The molecule has 0 radical (unpaired) electrons. The second-order valence-electron chi connectivity index (χ2n) is 7.76. The molecule has 7 heteroatoms. The van der Waals surface area contributed by atoms with Crippen LogP contribution < -0.4 is 16.0 Å². The molecule has 2 heterocycles. The second kappa shape index (κ2) is 9.19. The summed E-state index contributed by atoms with van der Waals surface area (Å²) in [6.07, 6.45) is 3.41. The van der Waals surface area contributed by atoms with Crippen LogP contribution in [0.3, 0.4) is 0 Å². The Morgan fingerprint density at radius 1 is 1.21 bits per heavy atom. The molecular formula is C21H30N4O3. The summed E-state index contributed by atoms with van der Waals surface area (Å²) in [5.74, 6) is -0.385. The molecule has 0 spiro atoms. The maximum atomic E-state index is 13.2. The number of anilines is 1. The van der Waals surface area contributed by atoms with E-state index in [-0.39, 0.29) is 36.1 Å². The first-order valence-electron chi connectivity index (χ1n) is 10.1. The Kier molecular flexibility index (Phi) is 6.67. The van der Waals surface area contributed by atoms with Gasteiger partial charge in [-0.05, 0) is 38.3 Å².